The van der Waals surface area contributed by atoms with Gasteiger partial charge in [-0.05, 0) is 18.1 Å². The average molecular weight is 385 g/mol. The summed E-state index contributed by atoms with van der Waals surface area (Å²) in [7, 11) is 1.63. The van der Waals surface area contributed by atoms with Gasteiger partial charge >= 0.3 is 0 Å². The van der Waals surface area contributed by atoms with Crippen LogP contribution in [0.1, 0.15) is 18.0 Å². The maximum absolute atomic E-state index is 12.6. The highest BCUT2D eigenvalue weighted by Gasteiger charge is 2.28. The van der Waals surface area contributed by atoms with Gasteiger partial charge in [0, 0.05) is 18.7 Å². The molecule has 1 aliphatic rings. The number of aromatic nitrogens is 4. The van der Waals surface area contributed by atoms with Gasteiger partial charge in [-0.15, -0.1) is 0 Å². The van der Waals surface area contributed by atoms with Crippen molar-refractivity contribution < 1.29 is 9.53 Å². The molecule has 0 saturated carbocycles. The monoisotopic (exact) mass is 385 g/mol. The van der Waals surface area contributed by atoms with E-state index in [1.807, 2.05) is 24.3 Å². The Morgan fingerprint density at radius 3 is 3.15 bits per heavy atom. The first-order valence-electron chi connectivity index (χ1n) is 8.64. The third-order valence-electron chi connectivity index (χ3n) is 4.58. The Balaban J connectivity index is 1.39. The summed E-state index contributed by atoms with van der Waals surface area (Å²) in [5, 5.41) is 10.6. The Morgan fingerprint density at radius 1 is 1.44 bits per heavy atom. The van der Waals surface area contributed by atoms with Crippen LogP contribution >= 0.6 is 11.8 Å². The van der Waals surface area contributed by atoms with E-state index in [0.29, 0.717) is 34.9 Å². The molecule has 1 unspecified atom stereocenters. The molecule has 0 bridgehead atoms. The number of methoxy groups -OCH3 is 1. The van der Waals surface area contributed by atoms with Crippen LogP contribution in [-0.2, 0) is 11.2 Å². The van der Waals surface area contributed by atoms with Crippen LogP contribution in [0.3, 0.4) is 0 Å². The molecule has 27 heavy (non-hydrogen) atoms. The largest absolute Gasteiger partial charge is 0.496 e. The number of hydrogen-bond donors (Lipinski definition) is 2. The van der Waals surface area contributed by atoms with E-state index in [1.54, 1.807) is 11.7 Å². The van der Waals surface area contributed by atoms with Crippen molar-refractivity contribution in [3.63, 3.8) is 0 Å². The minimum absolute atomic E-state index is 0.0810. The molecule has 8 nitrogen and oxygen atoms in total. The zero-order valence-electron chi connectivity index (χ0n) is 14.8. The number of ether oxygens (including phenoxy) is 1. The molecule has 140 valence electrons. The highest BCUT2D eigenvalue weighted by Crippen LogP contribution is 2.32. The molecule has 2 N–H and O–H groups in total. The molecule has 3 heterocycles. The van der Waals surface area contributed by atoms with Crippen molar-refractivity contribution in [3.8, 4) is 5.75 Å². The molecule has 1 aliphatic heterocycles. The molecule has 0 radical (unpaired) electrons. The molecule has 0 aliphatic carbocycles. The molecular formula is C18H19N5O3S. The average Bonchev–Trinajstić information content (AvgIpc) is 3.30. The van der Waals surface area contributed by atoms with Crippen molar-refractivity contribution in [2.45, 2.75) is 24.0 Å². The van der Waals surface area contributed by atoms with E-state index in [2.05, 4.69) is 20.5 Å². The van der Waals surface area contributed by atoms with E-state index in [1.165, 1.54) is 18.0 Å². The summed E-state index contributed by atoms with van der Waals surface area (Å²) in [6.45, 7) is 0.514. The molecular weight excluding hydrogens is 366 g/mol. The van der Waals surface area contributed by atoms with Gasteiger partial charge in [-0.2, -0.15) is 5.10 Å². The van der Waals surface area contributed by atoms with Crippen LogP contribution in [0.2, 0.25) is 0 Å². The molecule has 2 aromatic heterocycles. The predicted molar refractivity (Wildman–Crippen MR) is 102 cm³/mol. The summed E-state index contributed by atoms with van der Waals surface area (Å²) in [6, 6.07) is 7.55. The molecule has 1 amide bonds. The predicted octanol–water partition coefficient (Wildman–Crippen LogP) is 1.52. The van der Waals surface area contributed by atoms with Crippen molar-refractivity contribution in [1.29, 1.82) is 0 Å². The minimum atomic E-state index is -0.199. The lowest BCUT2D eigenvalue weighted by Gasteiger charge is -2.13. The molecule has 1 aromatic carbocycles. The topological polar surface area (TPSA) is 102 Å². The summed E-state index contributed by atoms with van der Waals surface area (Å²) >= 11 is 1.48. The maximum Gasteiger partial charge on any atom is 0.265 e. The van der Waals surface area contributed by atoms with Crippen LogP contribution in [0, 0.1) is 0 Å². The quantitative estimate of drug-likeness (QED) is 0.624. The number of H-pyrrole nitrogens is 1. The van der Waals surface area contributed by atoms with E-state index in [4.69, 9.17) is 4.74 Å². The number of fused-ring (bicyclic) bond motifs is 2. The van der Waals surface area contributed by atoms with Crippen molar-refractivity contribution >= 4 is 28.7 Å². The second-order valence-electron chi connectivity index (χ2n) is 6.28. The zero-order valence-corrected chi connectivity index (χ0v) is 15.6. The van der Waals surface area contributed by atoms with Gasteiger partial charge in [0.1, 0.15) is 11.1 Å². The highest BCUT2D eigenvalue weighted by molar-refractivity contribution is 7.99. The van der Waals surface area contributed by atoms with Crippen LogP contribution in [0.5, 0.6) is 5.75 Å². The molecule has 9 heteroatoms. The van der Waals surface area contributed by atoms with E-state index < -0.39 is 0 Å². The molecule has 0 fully saturated rings. The van der Waals surface area contributed by atoms with Crippen molar-refractivity contribution in [2.24, 2.45) is 0 Å². The van der Waals surface area contributed by atoms with Gasteiger partial charge in [0.25, 0.3) is 5.56 Å². The first kappa shape index (κ1) is 17.6. The fourth-order valence-electron chi connectivity index (χ4n) is 3.24. The summed E-state index contributed by atoms with van der Waals surface area (Å²) < 4.78 is 6.94. The number of carbonyl (C=O) groups is 1. The van der Waals surface area contributed by atoms with E-state index >= 15 is 0 Å². The second kappa shape index (κ2) is 7.43. The summed E-state index contributed by atoms with van der Waals surface area (Å²) in [6.07, 6.45) is 2.41. The van der Waals surface area contributed by atoms with E-state index in [0.717, 1.165) is 11.3 Å². The SMILES string of the molecule is COc1ccccc1CCNC(=O)CC1CSc2nc3[nH]ncc3c(=O)n21. The standard InChI is InChI=1S/C18H19N5O3S/c1-26-14-5-3-2-4-11(14)6-7-19-15(24)8-12-10-27-18-21-16-13(9-20-22-16)17(25)23(12)18/h2-5,9,12H,6-8,10H2,1H3,(H,19,24)(H,20,22). The Labute approximate surface area is 159 Å². The number of benzene rings is 1. The van der Waals surface area contributed by atoms with Crippen LogP contribution in [0.4, 0.5) is 0 Å². The van der Waals surface area contributed by atoms with Crippen molar-refractivity contribution in [2.75, 3.05) is 19.4 Å². The zero-order chi connectivity index (χ0) is 18.8. The number of para-hydroxylation sites is 1. The molecule has 0 spiro atoms. The summed E-state index contributed by atoms with van der Waals surface area (Å²) in [5.74, 6) is 1.39. The van der Waals surface area contributed by atoms with Crippen molar-refractivity contribution in [3.05, 3.63) is 46.4 Å². The van der Waals surface area contributed by atoms with Gasteiger partial charge < -0.3 is 10.1 Å². The van der Waals surface area contributed by atoms with Crippen LogP contribution < -0.4 is 15.6 Å². The fourth-order valence-corrected chi connectivity index (χ4v) is 4.37. The first-order valence-corrected chi connectivity index (χ1v) is 9.63. The van der Waals surface area contributed by atoms with Gasteiger partial charge in [-0.1, -0.05) is 30.0 Å². The third kappa shape index (κ3) is 3.42. The summed E-state index contributed by atoms with van der Waals surface area (Å²) in [4.78, 5) is 29.4. The van der Waals surface area contributed by atoms with Gasteiger partial charge in [0.2, 0.25) is 5.91 Å². The van der Waals surface area contributed by atoms with E-state index in [-0.39, 0.29) is 23.9 Å². The molecule has 1 atom stereocenters. The Kier molecular flexibility index (Phi) is 4.85. The number of carbonyl (C=O) groups excluding carboxylic acids is 1. The summed E-state index contributed by atoms with van der Waals surface area (Å²) in [5.41, 5.74) is 1.38. The van der Waals surface area contributed by atoms with Gasteiger partial charge in [-0.25, -0.2) is 4.98 Å². The van der Waals surface area contributed by atoms with Crippen LogP contribution in [0.25, 0.3) is 11.0 Å². The number of aromatic amines is 1. The third-order valence-corrected chi connectivity index (χ3v) is 5.68. The number of hydrogen-bond acceptors (Lipinski definition) is 6. The Bertz CT molecular complexity index is 1040. The number of thioether (sulfide) groups is 1. The fraction of sp³-hybridized carbons (Fsp3) is 0.333. The van der Waals surface area contributed by atoms with Gasteiger partial charge in [0.05, 0.1) is 19.3 Å². The normalized spacial score (nSPS) is 15.7. The number of amides is 1. The smallest absolute Gasteiger partial charge is 0.265 e. The van der Waals surface area contributed by atoms with Crippen LogP contribution in [0.15, 0.2) is 40.4 Å². The minimum Gasteiger partial charge on any atom is -0.496 e. The van der Waals surface area contributed by atoms with Crippen LogP contribution in [-0.4, -0.2) is 45.1 Å². The lowest BCUT2D eigenvalue weighted by atomic mass is 10.1. The lowest BCUT2D eigenvalue weighted by Crippen LogP contribution is -2.31. The number of rotatable bonds is 6. The van der Waals surface area contributed by atoms with Gasteiger partial charge in [0.15, 0.2) is 10.8 Å². The number of nitrogens with zero attached hydrogens (tertiary/aromatic N) is 3. The van der Waals surface area contributed by atoms with Crippen molar-refractivity contribution in [1.82, 2.24) is 25.1 Å². The molecule has 0 saturated heterocycles. The first-order chi connectivity index (χ1) is 13.2. The van der Waals surface area contributed by atoms with E-state index in [9.17, 15) is 9.59 Å². The second-order valence-corrected chi connectivity index (χ2v) is 7.27. The maximum atomic E-state index is 12.6. The molecule has 4 rings (SSSR count). The Hall–Kier alpha value is -2.81. The molecule has 3 aromatic rings. The Morgan fingerprint density at radius 2 is 2.30 bits per heavy atom. The highest BCUT2D eigenvalue weighted by atomic mass is 32.2. The number of nitrogens with one attached hydrogen (secondary N) is 2. The van der Waals surface area contributed by atoms with Gasteiger partial charge in [-0.3, -0.25) is 19.3 Å². The lowest BCUT2D eigenvalue weighted by molar-refractivity contribution is -0.121.